The van der Waals surface area contributed by atoms with E-state index in [1.807, 2.05) is 0 Å². The Morgan fingerprint density at radius 1 is 0.600 bits per heavy atom. The lowest BCUT2D eigenvalue weighted by Gasteiger charge is -2.14. The Bertz CT molecular complexity index is 177. The van der Waals surface area contributed by atoms with Gasteiger partial charge in [0.25, 0.3) is 0 Å². The van der Waals surface area contributed by atoms with Crippen LogP contribution in [0.5, 0.6) is 0 Å². The molecule has 2 saturated carbocycles. The Morgan fingerprint density at radius 2 is 0.933 bits per heavy atom. The molecule has 0 aromatic heterocycles. The van der Waals surface area contributed by atoms with Gasteiger partial charge in [0, 0.05) is 11.8 Å². The molecule has 0 spiro atoms. The molecule has 0 amide bonds. The zero-order valence-electron chi connectivity index (χ0n) is 9.49. The molecule has 0 heterocycles. The van der Waals surface area contributed by atoms with Crippen LogP contribution in [-0.4, -0.2) is 12.6 Å². The molecule has 15 heavy (non-hydrogen) atoms. The summed E-state index contributed by atoms with van der Waals surface area (Å²) < 4.78 is 0. The maximum absolute atomic E-state index is 10.2. The first kappa shape index (κ1) is 12.4. The molecule has 0 unspecified atom stereocenters. The van der Waals surface area contributed by atoms with Crippen LogP contribution in [0.25, 0.3) is 0 Å². The van der Waals surface area contributed by atoms with Crippen LogP contribution >= 0.6 is 0 Å². The Kier molecular flexibility index (Phi) is 6.29. The number of hydrogen-bond donors (Lipinski definition) is 0. The minimum atomic E-state index is 0.406. The first-order chi connectivity index (χ1) is 7.36. The van der Waals surface area contributed by atoms with Crippen molar-refractivity contribution in [2.45, 2.75) is 57.8 Å². The summed E-state index contributed by atoms with van der Waals surface area (Å²) in [5, 5.41) is 0. The second-order valence-electron chi connectivity index (χ2n) is 4.71. The molecule has 2 heteroatoms. The standard InChI is InChI=1S/C7H12O.C6H10O/c8-6-7-4-2-1-3-5-7;7-5-6-3-1-2-4-6/h6-7H,1-5H2;5-6H,1-4H2. The topological polar surface area (TPSA) is 34.1 Å². The summed E-state index contributed by atoms with van der Waals surface area (Å²) in [4.78, 5) is 20.2. The molecule has 2 aliphatic carbocycles. The van der Waals surface area contributed by atoms with Gasteiger partial charge in [-0.15, -0.1) is 0 Å². The SMILES string of the molecule is O=CC1CCCC1.O=CC1CCCCC1. The largest absolute Gasteiger partial charge is 0.303 e. The fourth-order valence-corrected chi connectivity index (χ4v) is 2.36. The molecule has 86 valence electrons. The van der Waals surface area contributed by atoms with Crippen molar-refractivity contribution in [3.63, 3.8) is 0 Å². The molecule has 0 bridgehead atoms. The molecule has 0 aliphatic heterocycles. The molecule has 0 N–H and O–H groups in total. The lowest BCUT2D eigenvalue weighted by atomic mass is 9.91. The summed E-state index contributed by atoms with van der Waals surface area (Å²) in [5.41, 5.74) is 0. The Labute approximate surface area is 92.4 Å². The summed E-state index contributed by atoms with van der Waals surface area (Å²) in [6, 6.07) is 0. The van der Waals surface area contributed by atoms with E-state index >= 15 is 0 Å². The zero-order chi connectivity index (χ0) is 10.9. The van der Waals surface area contributed by atoms with E-state index in [0.29, 0.717) is 11.8 Å². The molecule has 2 aliphatic rings. The van der Waals surface area contributed by atoms with Gasteiger partial charge in [-0.3, -0.25) is 0 Å². The zero-order valence-corrected chi connectivity index (χ0v) is 9.49. The molecule has 0 saturated heterocycles. The van der Waals surface area contributed by atoms with Crippen LogP contribution in [0.3, 0.4) is 0 Å². The van der Waals surface area contributed by atoms with Crippen molar-refractivity contribution in [3.8, 4) is 0 Å². The van der Waals surface area contributed by atoms with Crippen LogP contribution < -0.4 is 0 Å². The molecule has 2 nitrogen and oxygen atoms in total. The lowest BCUT2D eigenvalue weighted by molar-refractivity contribution is -0.112. The quantitative estimate of drug-likeness (QED) is 0.656. The van der Waals surface area contributed by atoms with Gasteiger partial charge in [0.05, 0.1) is 0 Å². The summed E-state index contributed by atoms with van der Waals surface area (Å²) in [6.45, 7) is 0. The minimum absolute atomic E-state index is 0.406. The van der Waals surface area contributed by atoms with Crippen LogP contribution in [-0.2, 0) is 9.59 Å². The second kappa shape index (κ2) is 7.61. The molecule has 0 aromatic carbocycles. The fourth-order valence-electron chi connectivity index (χ4n) is 2.36. The van der Waals surface area contributed by atoms with E-state index in [-0.39, 0.29) is 0 Å². The van der Waals surface area contributed by atoms with Crippen molar-refractivity contribution in [2.24, 2.45) is 11.8 Å². The summed E-state index contributed by atoms with van der Waals surface area (Å²) in [7, 11) is 0. The van der Waals surface area contributed by atoms with Crippen molar-refractivity contribution in [2.75, 3.05) is 0 Å². The van der Waals surface area contributed by atoms with E-state index in [2.05, 4.69) is 0 Å². The Balaban J connectivity index is 0.000000151. The van der Waals surface area contributed by atoms with Gasteiger partial charge in [-0.1, -0.05) is 32.1 Å². The third-order valence-corrected chi connectivity index (χ3v) is 3.43. The van der Waals surface area contributed by atoms with Crippen molar-refractivity contribution >= 4 is 12.6 Å². The predicted octanol–water partition coefficient (Wildman–Crippen LogP) is 3.14. The highest BCUT2D eigenvalue weighted by Gasteiger charge is 2.12. The monoisotopic (exact) mass is 210 g/mol. The van der Waals surface area contributed by atoms with Crippen LogP contribution in [0.1, 0.15) is 57.8 Å². The van der Waals surface area contributed by atoms with Crippen molar-refractivity contribution in [1.82, 2.24) is 0 Å². The highest BCUT2D eigenvalue weighted by molar-refractivity contribution is 5.53. The number of aldehydes is 2. The van der Waals surface area contributed by atoms with Crippen molar-refractivity contribution in [1.29, 1.82) is 0 Å². The lowest BCUT2D eigenvalue weighted by Crippen LogP contribution is -2.06. The fraction of sp³-hybridized carbons (Fsp3) is 0.846. The first-order valence-electron chi connectivity index (χ1n) is 6.27. The van der Waals surface area contributed by atoms with E-state index in [0.717, 1.165) is 38.3 Å². The summed E-state index contributed by atoms with van der Waals surface area (Å²) in [6.07, 6.45) is 13.2. The van der Waals surface area contributed by atoms with Gasteiger partial charge >= 0.3 is 0 Å². The van der Waals surface area contributed by atoms with Crippen molar-refractivity contribution in [3.05, 3.63) is 0 Å². The van der Waals surface area contributed by atoms with Gasteiger partial charge in [-0.25, -0.2) is 0 Å². The predicted molar refractivity (Wildman–Crippen MR) is 60.7 cm³/mol. The van der Waals surface area contributed by atoms with Crippen LogP contribution in [0.4, 0.5) is 0 Å². The van der Waals surface area contributed by atoms with Gasteiger partial charge < -0.3 is 9.59 Å². The van der Waals surface area contributed by atoms with Crippen LogP contribution in [0, 0.1) is 11.8 Å². The smallest absolute Gasteiger partial charge is 0.123 e. The van der Waals surface area contributed by atoms with Gasteiger partial charge in [0.15, 0.2) is 0 Å². The molecular weight excluding hydrogens is 188 g/mol. The molecule has 0 radical (unpaired) electrons. The molecule has 0 atom stereocenters. The Morgan fingerprint density at radius 3 is 1.20 bits per heavy atom. The van der Waals surface area contributed by atoms with E-state index in [1.165, 1.54) is 32.1 Å². The van der Waals surface area contributed by atoms with Crippen LogP contribution in [0.15, 0.2) is 0 Å². The van der Waals surface area contributed by atoms with Crippen molar-refractivity contribution < 1.29 is 9.59 Å². The number of carbonyl (C=O) groups is 2. The number of carbonyl (C=O) groups excluding carboxylic acids is 2. The number of rotatable bonds is 2. The maximum atomic E-state index is 10.2. The Hall–Kier alpha value is -0.660. The van der Waals surface area contributed by atoms with Gasteiger partial charge in [-0.05, 0) is 25.7 Å². The van der Waals surface area contributed by atoms with E-state index in [4.69, 9.17) is 0 Å². The normalized spacial score (nSPS) is 22.9. The molecule has 2 fully saturated rings. The van der Waals surface area contributed by atoms with Gasteiger partial charge in [0.1, 0.15) is 12.6 Å². The molecular formula is C13H22O2. The van der Waals surface area contributed by atoms with Gasteiger partial charge in [0.2, 0.25) is 0 Å². The molecule has 2 rings (SSSR count). The van der Waals surface area contributed by atoms with Gasteiger partial charge in [-0.2, -0.15) is 0 Å². The third-order valence-electron chi connectivity index (χ3n) is 3.43. The summed E-state index contributed by atoms with van der Waals surface area (Å²) >= 11 is 0. The highest BCUT2D eigenvalue weighted by atomic mass is 16.1. The first-order valence-corrected chi connectivity index (χ1v) is 6.27. The summed E-state index contributed by atoms with van der Waals surface area (Å²) in [5.74, 6) is 0.823. The third kappa shape index (κ3) is 5.10. The van der Waals surface area contributed by atoms with E-state index in [9.17, 15) is 9.59 Å². The highest BCUT2D eigenvalue weighted by Crippen LogP contribution is 2.22. The van der Waals surface area contributed by atoms with E-state index in [1.54, 1.807) is 0 Å². The maximum Gasteiger partial charge on any atom is 0.123 e. The number of hydrogen-bond acceptors (Lipinski definition) is 2. The van der Waals surface area contributed by atoms with E-state index < -0.39 is 0 Å². The average molecular weight is 210 g/mol. The second-order valence-corrected chi connectivity index (χ2v) is 4.71. The average Bonchev–Trinajstić information content (AvgIpc) is 2.84. The molecule has 0 aromatic rings. The van der Waals surface area contributed by atoms with Crippen LogP contribution in [0.2, 0.25) is 0 Å². The minimum Gasteiger partial charge on any atom is -0.303 e.